The molecule has 0 aromatic carbocycles. The maximum Gasteiger partial charge on any atom is 0.223 e. The van der Waals surface area contributed by atoms with Crippen molar-refractivity contribution in [1.29, 1.82) is 0 Å². The van der Waals surface area contributed by atoms with Gasteiger partial charge < -0.3 is 5.32 Å². The van der Waals surface area contributed by atoms with Gasteiger partial charge in [0, 0.05) is 17.3 Å². The summed E-state index contributed by atoms with van der Waals surface area (Å²) in [5.74, 6) is 2.37. The molecule has 1 heterocycles. The molecule has 1 aliphatic rings. The third kappa shape index (κ3) is 4.08. The van der Waals surface area contributed by atoms with E-state index in [1.54, 1.807) is 11.3 Å². The zero-order valence-electron chi connectivity index (χ0n) is 12.9. The number of carbonyl (C=O) groups is 1. The van der Waals surface area contributed by atoms with E-state index in [0.717, 1.165) is 19.4 Å². The van der Waals surface area contributed by atoms with Crippen LogP contribution >= 0.6 is 11.3 Å². The number of hydrogen-bond acceptors (Lipinski definition) is 2. The minimum absolute atomic E-state index is 0.224. The van der Waals surface area contributed by atoms with Crippen molar-refractivity contribution in [1.82, 2.24) is 5.32 Å². The molecule has 1 fully saturated rings. The number of hydrogen-bond donors (Lipinski definition) is 1. The quantitative estimate of drug-likeness (QED) is 0.869. The molecule has 1 N–H and O–H groups in total. The lowest BCUT2D eigenvalue weighted by molar-refractivity contribution is -0.129. The molecule has 112 valence electrons. The average molecular weight is 293 g/mol. The van der Waals surface area contributed by atoms with Gasteiger partial charge in [-0.1, -0.05) is 33.3 Å². The lowest BCUT2D eigenvalue weighted by atomic mass is 9.70. The van der Waals surface area contributed by atoms with Crippen molar-refractivity contribution in [3.8, 4) is 0 Å². The van der Waals surface area contributed by atoms with Crippen LogP contribution in [-0.2, 0) is 11.2 Å². The molecule has 2 nitrogen and oxygen atoms in total. The van der Waals surface area contributed by atoms with E-state index in [1.807, 2.05) is 0 Å². The zero-order valence-corrected chi connectivity index (χ0v) is 13.7. The highest BCUT2D eigenvalue weighted by Gasteiger charge is 2.35. The summed E-state index contributed by atoms with van der Waals surface area (Å²) in [5.41, 5.74) is 0. The molecule has 3 atom stereocenters. The molecule has 1 amide bonds. The van der Waals surface area contributed by atoms with Crippen molar-refractivity contribution in [2.45, 2.75) is 46.5 Å². The van der Waals surface area contributed by atoms with Gasteiger partial charge in [-0.15, -0.1) is 11.3 Å². The van der Waals surface area contributed by atoms with Gasteiger partial charge in [0.1, 0.15) is 0 Å². The fourth-order valence-corrected chi connectivity index (χ4v) is 4.11. The largest absolute Gasteiger partial charge is 0.355 e. The van der Waals surface area contributed by atoms with Crippen LogP contribution in [0.4, 0.5) is 0 Å². The normalized spacial score (nSPS) is 26.7. The van der Waals surface area contributed by atoms with E-state index < -0.39 is 0 Å². The SMILES string of the molecule is CC(C)[C@@H]1CC[C@@H](C)C[C@H]1C(=O)NCCc1cccs1. The molecule has 20 heavy (non-hydrogen) atoms. The Balaban J connectivity index is 1.85. The predicted molar refractivity (Wildman–Crippen MR) is 85.9 cm³/mol. The molecule has 1 aromatic heterocycles. The summed E-state index contributed by atoms with van der Waals surface area (Å²) in [6.07, 6.45) is 4.51. The van der Waals surface area contributed by atoms with Crippen LogP contribution in [0.25, 0.3) is 0 Å². The van der Waals surface area contributed by atoms with Gasteiger partial charge in [0.25, 0.3) is 0 Å². The molecule has 0 radical (unpaired) electrons. The Labute approximate surface area is 127 Å². The zero-order chi connectivity index (χ0) is 14.5. The van der Waals surface area contributed by atoms with E-state index in [2.05, 4.69) is 43.6 Å². The minimum Gasteiger partial charge on any atom is -0.355 e. The van der Waals surface area contributed by atoms with Crippen LogP contribution in [0.2, 0.25) is 0 Å². The first kappa shape index (κ1) is 15.6. The maximum atomic E-state index is 12.5. The Hall–Kier alpha value is -0.830. The Morgan fingerprint density at radius 2 is 2.25 bits per heavy atom. The summed E-state index contributed by atoms with van der Waals surface area (Å²) in [6.45, 7) is 7.57. The van der Waals surface area contributed by atoms with E-state index in [9.17, 15) is 4.79 Å². The number of nitrogens with one attached hydrogen (secondary N) is 1. The lowest BCUT2D eigenvalue weighted by Gasteiger charge is -2.36. The molecule has 0 spiro atoms. The molecule has 0 aliphatic heterocycles. The van der Waals surface area contributed by atoms with Gasteiger partial charge in [0.2, 0.25) is 5.91 Å². The molecule has 0 bridgehead atoms. The van der Waals surface area contributed by atoms with Crippen molar-refractivity contribution >= 4 is 17.2 Å². The molecule has 0 saturated heterocycles. The number of rotatable bonds is 5. The Morgan fingerprint density at radius 1 is 1.45 bits per heavy atom. The molecule has 3 heteroatoms. The van der Waals surface area contributed by atoms with Crippen LogP contribution < -0.4 is 5.32 Å². The van der Waals surface area contributed by atoms with Gasteiger partial charge in [-0.2, -0.15) is 0 Å². The highest BCUT2D eigenvalue weighted by atomic mass is 32.1. The monoisotopic (exact) mass is 293 g/mol. The molecule has 0 unspecified atom stereocenters. The van der Waals surface area contributed by atoms with Gasteiger partial charge >= 0.3 is 0 Å². The molecule has 1 saturated carbocycles. The van der Waals surface area contributed by atoms with E-state index >= 15 is 0 Å². The van der Waals surface area contributed by atoms with Crippen molar-refractivity contribution in [2.75, 3.05) is 6.54 Å². The van der Waals surface area contributed by atoms with Gasteiger partial charge in [0.05, 0.1) is 0 Å². The van der Waals surface area contributed by atoms with Crippen LogP contribution in [0.15, 0.2) is 17.5 Å². The van der Waals surface area contributed by atoms with E-state index in [4.69, 9.17) is 0 Å². The van der Waals surface area contributed by atoms with E-state index in [0.29, 0.717) is 17.8 Å². The second-order valence-corrected chi connectivity index (χ2v) is 7.59. The van der Waals surface area contributed by atoms with E-state index in [-0.39, 0.29) is 11.8 Å². The first-order chi connectivity index (χ1) is 9.58. The summed E-state index contributed by atoms with van der Waals surface area (Å²) in [7, 11) is 0. The number of carbonyl (C=O) groups excluding carboxylic acids is 1. The highest BCUT2D eigenvalue weighted by molar-refractivity contribution is 7.09. The lowest BCUT2D eigenvalue weighted by Crippen LogP contribution is -2.40. The van der Waals surface area contributed by atoms with Gasteiger partial charge in [-0.3, -0.25) is 4.79 Å². The van der Waals surface area contributed by atoms with Gasteiger partial charge in [0.15, 0.2) is 0 Å². The van der Waals surface area contributed by atoms with Crippen LogP contribution in [0.5, 0.6) is 0 Å². The summed E-state index contributed by atoms with van der Waals surface area (Å²) in [4.78, 5) is 13.8. The second kappa shape index (κ2) is 7.26. The van der Waals surface area contributed by atoms with Crippen molar-refractivity contribution in [3.63, 3.8) is 0 Å². The van der Waals surface area contributed by atoms with Gasteiger partial charge in [-0.25, -0.2) is 0 Å². The second-order valence-electron chi connectivity index (χ2n) is 6.55. The van der Waals surface area contributed by atoms with Crippen molar-refractivity contribution < 1.29 is 4.79 Å². The number of thiophene rings is 1. The molecular weight excluding hydrogens is 266 g/mol. The smallest absolute Gasteiger partial charge is 0.223 e. The minimum atomic E-state index is 0.224. The number of amides is 1. The topological polar surface area (TPSA) is 29.1 Å². The molecular formula is C17H27NOS. The van der Waals surface area contributed by atoms with Crippen LogP contribution in [0.3, 0.4) is 0 Å². The maximum absolute atomic E-state index is 12.5. The van der Waals surface area contributed by atoms with E-state index in [1.165, 1.54) is 17.7 Å². The predicted octanol–water partition coefficient (Wildman–Crippen LogP) is 4.12. The van der Waals surface area contributed by atoms with Crippen molar-refractivity contribution in [2.24, 2.45) is 23.7 Å². The van der Waals surface area contributed by atoms with Gasteiger partial charge in [-0.05, 0) is 48.5 Å². The fourth-order valence-electron chi connectivity index (χ4n) is 3.40. The Morgan fingerprint density at radius 3 is 2.90 bits per heavy atom. The summed E-state index contributed by atoms with van der Waals surface area (Å²) in [6, 6.07) is 4.20. The molecule has 2 rings (SSSR count). The Kier molecular flexibility index (Phi) is 5.64. The molecule has 1 aromatic rings. The summed E-state index contributed by atoms with van der Waals surface area (Å²) >= 11 is 1.76. The average Bonchev–Trinajstić information content (AvgIpc) is 2.91. The van der Waals surface area contributed by atoms with Crippen molar-refractivity contribution in [3.05, 3.63) is 22.4 Å². The Bertz CT molecular complexity index is 413. The summed E-state index contributed by atoms with van der Waals surface area (Å²) < 4.78 is 0. The fraction of sp³-hybridized carbons (Fsp3) is 0.706. The summed E-state index contributed by atoms with van der Waals surface area (Å²) in [5, 5.41) is 5.26. The van der Waals surface area contributed by atoms with Crippen LogP contribution in [0.1, 0.15) is 44.9 Å². The standard InChI is InChI=1S/C17H27NOS/c1-12(2)15-7-6-13(3)11-16(15)17(19)18-9-8-14-5-4-10-20-14/h4-5,10,12-13,15-16H,6-9,11H2,1-3H3,(H,18,19)/t13-,15+,16-/m1/s1. The first-order valence-corrected chi connectivity index (χ1v) is 8.76. The molecule has 1 aliphatic carbocycles. The third-order valence-corrected chi connectivity index (χ3v) is 5.55. The first-order valence-electron chi connectivity index (χ1n) is 7.88. The highest BCUT2D eigenvalue weighted by Crippen LogP contribution is 2.38. The van der Waals surface area contributed by atoms with Crippen LogP contribution in [-0.4, -0.2) is 12.5 Å². The van der Waals surface area contributed by atoms with Crippen LogP contribution in [0, 0.1) is 23.7 Å². The third-order valence-electron chi connectivity index (χ3n) is 4.61.